The van der Waals surface area contributed by atoms with E-state index in [9.17, 15) is 43.9 Å². The first-order valence-corrected chi connectivity index (χ1v) is 7.21. The van der Waals surface area contributed by atoms with Crippen molar-refractivity contribution in [2.45, 2.75) is 0 Å². The number of alkyl halides is 10. The third kappa shape index (κ3) is 3.49. The second-order valence-electron chi connectivity index (χ2n) is 5.86. The van der Waals surface area contributed by atoms with Gasteiger partial charge in [0.25, 0.3) is 0 Å². The summed E-state index contributed by atoms with van der Waals surface area (Å²) in [4.78, 5) is 0. The SMILES string of the molecule is FCC(CF)=C(CF)C(CF)(CF)C(CF)(CF)C(CF)(CF)CF. The van der Waals surface area contributed by atoms with Crippen molar-refractivity contribution in [2.75, 3.05) is 66.7 Å². The average Bonchev–Trinajstić information content (AvgIpc) is 2.67. The molecule has 0 aromatic rings. The fourth-order valence-corrected chi connectivity index (χ4v) is 3.07. The van der Waals surface area contributed by atoms with E-state index in [4.69, 9.17) is 0 Å². The Morgan fingerprint density at radius 3 is 1.08 bits per heavy atom. The maximum atomic E-state index is 13.8. The lowest BCUT2D eigenvalue weighted by Gasteiger charge is -2.54. The highest BCUT2D eigenvalue weighted by molar-refractivity contribution is 5.30. The molecule has 25 heavy (non-hydrogen) atoms. The highest BCUT2D eigenvalue weighted by Gasteiger charge is 2.66. The molecule has 0 heterocycles. The van der Waals surface area contributed by atoms with Gasteiger partial charge >= 0.3 is 0 Å². The molecule has 0 saturated heterocycles. The lowest BCUT2D eigenvalue weighted by atomic mass is 9.50. The van der Waals surface area contributed by atoms with Crippen molar-refractivity contribution in [3.8, 4) is 0 Å². The summed E-state index contributed by atoms with van der Waals surface area (Å²) < 4.78 is 135. The van der Waals surface area contributed by atoms with E-state index < -0.39 is 94.1 Å². The predicted molar refractivity (Wildman–Crippen MR) is 74.1 cm³/mol. The molecule has 10 heteroatoms. The van der Waals surface area contributed by atoms with Crippen molar-refractivity contribution < 1.29 is 43.9 Å². The van der Waals surface area contributed by atoms with Crippen molar-refractivity contribution in [1.29, 1.82) is 0 Å². The van der Waals surface area contributed by atoms with E-state index in [1.54, 1.807) is 0 Å². The quantitative estimate of drug-likeness (QED) is 0.309. The van der Waals surface area contributed by atoms with Gasteiger partial charge in [0.1, 0.15) is 53.4 Å². The van der Waals surface area contributed by atoms with Crippen molar-refractivity contribution in [3.05, 3.63) is 11.1 Å². The molecule has 0 aliphatic rings. The highest BCUT2D eigenvalue weighted by Crippen LogP contribution is 2.58. The summed E-state index contributed by atoms with van der Waals surface area (Å²) in [6.45, 7) is -20.2. The molecule has 0 radical (unpaired) electrons. The van der Waals surface area contributed by atoms with Crippen LogP contribution in [0.2, 0.25) is 0 Å². The topological polar surface area (TPSA) is 0 Å². The standard InChI is InChI=1S/C15H20F10/c16-1-11(2-17)12(3-18)14(7-22,8-23)15(9-24,10-25)13(4-19,5-20)6-21/h1-10H2. The van der Waals surface area contributed by atoms with Gasteiger partial charge in [0, 0.05) is 0 Å². The summed E-state index contributed by atoms with van der Waals surface area (Å²) in [5.74, 6) is 0. The van der Waals surface area contributed by atoms with Crippen LogP contribution >= 0.6 is 0 Å². The van der Waals surface area contributed by atoms with Crippen LogP contribution in [0, 0.1) is 16.2 Å². The lowest BCUT2D eigenvalue weighted by Crippen LogP contribution is -2.63. The maximum absolute atomic E-state index is 13.8. The first kappa shape index (κ1) is 24.0. The summed E-state index contributed by atoms with van der Waals surface area (Å²) in [6, 6.07) is 0. The molecule has 0 saturated carbocycles. The minimum absolute atomic E-state index is 1.14. The van der Waals surface area contributed by atoms with Gasteiger partial charge in [0.05, 0.1) is 29.6 Å². The van der Waals surface area contributed by atoms with Gasteiger partial charge < -0.3 is 0 Å². The Hall–Kier alpha value is -0.960. The van der Waals surface area contributed by atoms with Crippen LogP contribution in [-0.4, -0.2) is 66.7 Å². The zero-order valence-electron chi connectivity index (χ0n) is 13.4. The van der Waals surface area contributed by atoms with Gasteiger partial charge in [-0.3, -0.25) is 30.7 Å². The normalized spacial score (nSPS) is 13.2. The summed E-state index contributed by atoms with van der Waals surface area (Å²) in [7, 11) is 0. The van der Waals surface area contributed by atoms with E-state index in [0.717, 1.165) is 0 Å². The van der Waals surface area contributed by atoms with Gasteiger partial charge in [-0.25, -0.2) is 13.2 Å². The van der Waals surface area contributed by atoms with Crippen molar-refractivity contribution in [1.82, 2.24) is 0 Å². The third-order valence-corrected chi connectivity index (χ3v) is 5.07. The molecule has 0 spiro atoms. The van der Waals surface area contributed by atoms with E-state index in [2.05, 4.69) is 0 Å². The Labute approximate surface area is 139 Å². The summed E-state index contributed by atoms with van der Waals surface area (Å²) in [5.41, 5.74) is -12.3. The molecule has 0 amide bonds. The summed E-state index contributed by atoms with van der Waals surface area (Å²) >= 11 is 0. The van der Waals surface area contributed by atoms with Gasteiger partial charge in [0.2, 0.25) is 0 Å². The van der Waals surface area contributed by atoms with Gasteiger partial charge in [-0.15, -0.1) is 0 Å². The first-order valence-electron chi connectivity index (χ1n) is 7.21. The van der Waals surface area contributed by atoms with Gasteiger partial charge in [-0.2, -0.15) is 0 Å². The zero-order chi connectivity index (χ0) is 19.7. The van der Waals surface area contributed by atoms with Crippen LogP contribution in [-0.2, 0) is 0 Å². The van der Waals surface area contributed by atoms with Crippen LogP contribution in [0.4, 0.5) is 43.9 Å². The number of hydrogen-bond donors (Lipinski definition) is 0. The fraction of sp³-hybridized carbons (Fsp3) is 0.867. The molecule has 0 aliphatic carbocycles. The smallest absolute Gasteiger partial charge is 0.113 e. The Bertz CT molecular complexity index is 396. The summed E-state index contributed by atoms with van der Waals surface area (Å²) in [6.07, 6.45) is 0. The van der Waals surface area contributed by atoms with Crippen LogP contribution in [0.5, 0.6) is 0 Å². The Morgan fingerprint density at radius 1 is 0.480 bits per heavy atom. The van der Waals surface area contributed by atoms with Crippen LogP contribution in [0.15, 0.2) is 11.1 Å². The molecule has 0 nitrogen and oxygen atoms in total. The minimum atomic E-state index is -3.38. The molecular weight excluding hydrogens is 370 g/mol. The van der Waals surface area contributed by atoms with Crippen LogP contribution in [0.3, 0.4) is 0 Å². The number of rotatable bonds is 13. The van der Waals surface area contributed by atoms with E-state index in [1.807, 2.05) is 0 Å². The Kier molecular flexibility index (Phi) is 9.86. The van der Waals surface area contributed by atoms with Crippen LogP contribution in [0.25, 0.3) is 0 Å². The molecule has 150 valence electrons. The zero-order valence-corrected chi connectivity index (χ0v) is 13.4. The maximum Gasteiger partial charge on any atom is 0.113 e. The van der Waals surface area contributed by atoms with E-state index in [1.165, 1.54) is 0 Å². The van der Waals surface area contributed by atoms with E-state index >= 15 is 0 Å². The van der Waals surface area contributed by atoms with E-state index in [0.29, 0.717) is 0 Å². The van der Waals surface area contributed by atoms with Crippen molar-refractivity contribution in [2.24, 2.45) is 16.2 Å². The first-order chi connectivity index (χ1) is 11.9. The summed E-state index contributed by atoms with van der Waals surface area (Å²) in [5, 5.41) is 0. The average molecular weight is 390 g/mol. The van der Waals surface area contributed by atoms with Crippen LogP contribution in [0.1, 0.15) is 0 Å². The van der Waals surface area contributed by atoms with Gasteiger partial charge in [-0.05, 0) is 11.1 Å². The molecule has 0 rings (SSSR count). The predicted octanol–water partition coefficient (Wildman–Crippen LogP) is 4.94. The van der Waals surface area contributed by atoms with Crippen LogP contribution < -0.4 is 0 Å². The molecule has 0 aromatic carbocycles. The molecule has 0 aliphatic heterocycles. The third-order valence-electron chi connectivity index (χ3n) is 5.07. The number of halogens is 10. The van der Waals surface area contributed by atoms with Gasteiger partial charge in [-0.1, -0.05) is 0 Å². The number of allylic oxidation sites excluding steroid dienone is 2. The Morgan fingerprint density at radius 2 is 0.880 bits per heavy atom. The molecule has 0 fully saturated rings. The van der Waals surface area contributed by atoms with E-state index in [-0.39, 0.29) is 0 Å². The molecule has 0 N–H and O–H groups in total. The largest absolute Gasteiger partial charge is 0.250 e. The second-order valence-corrected chi connectivity index (χ2v) is 5.86. The Balaban J connectivity index is 7.03. The lowest BCUT2D eigenvalue weighted by molar-refractivity contribution is -0.148. The molecule has 0 aromatic heterocycles. The molecular formula is C15H20F10. The number of hydrogen-bond acceptors (Lipinski definition) is 0. The van der Waals surface area contributed by atoms with Crippen molar-refractivity contribution in [3.63, 3.8) is 0 Å². The van der Waals surface area contributed by atoms with Gasteiger partial charge in [0.15, 0.2) is 0 Å². The molecule has 0 atom stereocenters. The minimum Gasteiger partial charge on any atom is -0.250 e. The second kappa shape index (κ2) is 10.3. The molecule has 0 bridgehead atoms. The van der Waals surface area contributed by atoms with Crippen molar-refractivity contribution >= 4 is 0 Å². The molecule has 0 unspecified atom stereocenters. The highest BCUT2D eigenvalue weighted by atomic mass is 19.2. The monoisotopic (exact) mass is 390 g/mol. The fourth-order valence-electron chi connectivity index (χ4n) is 3.07.